The van der Waals surface area contributed by atoms with Crippen LogP contribution in [0.3, 0.4) is 0 Å². The lowest BCUT2D eigenvalue weighted by Gasteiger charge is -2.35. The summed E-state index contributed by atoms with van der Waals surface area (Å²) in [4.78, 5) is 26.6. The number of ether oxygens (including phenoxy) is 2. The third kappa shape index (κ3) is 3.81. The number of fused-ring (bicyclic) bond motifs is 1. The van der Waals surface area contributed by atoms with E-state index in [1.807, 2.05) is 35.7 Å². The van der Waals surface area contributed by atoms with E-state index in [4.69, 9.17) is 9.47 Å². The number of aryl methyl sites for hydroxylation is 1. The molecule has 0 bridgehead atoms. The molecule has 160 valence electrons. The molecule has 0 radical (unpaired) electrons. The van der Waals surface area contributed by atoms with E-state index in [1.54, 1.807) is 24.3 Å². The summed E-state index contributed by atoms with van der Waals surface area (Å²) in [5, 5.41) is 10.7. The molecule has 1 saturated heterocycles. The SMILES string of the molecule is COC(=O)c1cccc(O[C@@H]2C[C@@H]3CN(C(=O)c4ccn(C)c4C)C[C@@H]3C[C@H]2O)c1. The van der Waals surface area contributed by atoms with E-state index in [9.17, 15) is 14.7 Å². The average Bonchev–Trinajstić information content (AvgIpc) is 3.30. The number of likely N-dealkylation sites (tertiary alicyclic amines) is 1. The summed E-state index contributed by atoms with van der Waals surface area (Å²) >= 11 is 0. The number of hydrogen-bond acceptors (Lipinski definition) is 5. The van der Waals surface area contributed by atoms with Crippen LogP contribution in [0.4, 0.5) is 0 Å². The fraction of sp³-hybridized carbons (Fsp3) is 0.478. The maximum absolute atomic E-state index is 13.0. The third-order valence-electron chi connectivity index (χ3n) is 6.53. The molecule has 1 aliphatic heterocycles. The quantitative estimate of drug-likeness (QED) is 0.780. The van der Waals surface area contributed by atoms with Crippen LogP contribution in [0, 0.1) is 18.8 Å². The van der Waals surface area contributed by atoms with Crippen LogP contribution in [0.1, 0.15) is 39.3 Å². The van der Waals surface area contributed by atoms with Gasteiger partial charge in [-0.3, -0.25) is 4.79 Å². The molecule has 1 saturated carbocycles. The second kappa shape index (κ2) is 8.14. The van der Waals surface area contributed by atoms with Gasteiger partial charge in [0.15, 0.2) is 0 Å². The molecule has 2 fully saturated rings. The Morgan fingerprint density at radius 2 is 1.87 bits per heavy atom. The summed E-state index contributed by atoms with van der Waals surface area (Å²) in [6, 6.07) is 8.67. The molecule has 1 aliphatic carbocycles. The summed E-state index contributed by atoms with van der Waals surface area (Å²) < 4.78 is 12.8. The largest absolute Gasteiger partial charge is 0.488 e. The number of aromatic nitrogens is 1. The van der Waals surface area contributed by atoms with E-state index < -0.39 is 12.1 Å². The first-order valence-corrected chi connectivity index (χ1v) is 10.3. The minimum atomic E-state index is -0.610. The van der Waals surface area contributed by atoms with Gasteiger partial charge >= 0.3 is 5.97 Å². The standard InChI is InChI=1S/C23H28N2O5/c1-14-19(7-8-24(14)2)22(27)25-12-16-10-20(26)21(11-17(16)13-25)30-18-6-4-5-15(9-18)23(28)29-3/h4-9,16-17,20-21,26H,10-13H2,1-3H3/t16-,17+,20+,21+/m0/s1. The first-order valence-electron chi connectivity index (χ1n) is 10.3. The summed E-state index contributed by atoms with van der Waals surface area (Å²) in [5.41, 5.74) is 2.11. The highest BCUT2D eigenvalue weighted by Crippen LogP contribution is 2.38. The fourth-order valence-corrected chi connectivity index (χ4v) is 4.68. The number of carbonyl (C=O) groups excluding carboxylic acids is 2. The predicted molar refractivity (Wildman–Crippen MR) is 110 cm³/mol. The van der Waals surface area contributed by atoms with Gasteiger partial charge in [-0.2, -0.15) is 0 Å². The van der Waals surface area contributed by atoms with E-state index in [0.29, 0.717) is 37.2 Å². The Bertz CT molecular complexity index is 953. The van der Waals surface area contributed by atoms with Crippen LogP contribution in [-0.4, -0.2) is 58.9 Å². The second-order valence-corrected chi connectivity index (χ2v) is 8.37. The number of aliphatic hydroxyl groups excluding tert-OH is 1. The van der Waals surface area contributed by atoms with Crippen molar-refractivity contribution in [1.82, 2.24) is 9.47 Å². The van der Waals surface area contributed by atoms with Crippen molar-refractivity contribution in [3.05, 3.63) is 53.3 Å². The Kier molecular flexibility index (Phi) is 5.56. The number of aliphatic hydroxyl groups is 1. The van der Waals surface area contributed by atoms with Gasteiger partial charge in [0.05, 0.1) is 24.3 Å². The number of rotatable bonds is 4. The molecule has 1 amide bonds. The zero-order valence-electron chi connectivity index (χ0n) is 17.6. The number of methoxy groups -OCH3 is 1. The van der Waals surface area contributed by atoms with Crippen molar-refractivity contribution in [2.24, 2.45) is 18.9 Å². The van der Waals surface area contributed by atoms with Crippen LogP contribution in [0.2, 0.25) is 0 Å². The van der Waals surface area contributed by atoms with Crippen molar-refractivity contribution in [3.63, 3.8) is 0 Å². The Hall–Kier alpha value is -2.80. The van der Waals surface area contributed by atoms with Crippen LogP contribution in [0.15, 0.2) is 36.5 Å². The third-order valence-corrected chi connectivity index (χ3v) is 6.53. The molecule has 0 spiro atoms. The summed E-state index contributed by atoms with van der Waals surface area (Å²) in [6.07, 6.45) is 2.20. The first kappa shape index (κ1) is 20.5. The molecule has 2 aliphatic rings. The number of nitrogens with zero attached hydrogens (tertiary/aromatic N) is 2. The Morgan fingerprint density at radius 1 is 1.13 bits per heavy atom. The lowest BCUT2D eigenvalue weighted by atomic mass is 9.78. The first-order chi connectivity index (χ1) is 14.4. The van der Waals surface area contributed by atoms with Crippen LogP contribution in [-0.2, 0) is 11.8 Å². The number of benzene rings is 1. The van der Waals surface area contributed by atoms with Gasteiger partial charge in [0.1, 0.15) is 11.9 Å². The summed E-state index contributed by atoms with van der Waals surface area (Å²) in [6.45, 7) is 3.29. The van der Waals surface area contributed by atoms with Gasteiger partial charge in [0, 0.05) is 32.0 Å². The van der Waals surface area contributed by atoms with E-state index in [1.165, 1.54) is 7.11 Å². The highest BCUT2D eigenvalue weighted by molar-refractivity contribution is 5.95. The molecular formula is C23H28N2O5. The van der Waals surface area contributed by atoms with Crippen molar-refractivity contribution < 1.29 is 24.2 Å². The molecule has 1 aromatic heterocycles. The second-order valence-electron chi connectivity index (χ2n) is 8.37. The topological polar surface area (TPSA) is 81.0 Å². The lowest BCUT2D eigenvalue weighted by molar-refractivity contribution is -0.0231. The number of amides is 1. The molecule has 30 heavy (non-hydrogen) atoms. The molecule has 0 unspecified atom stereocenters. The highest BCUT2D eigenvalue weighted by Gasteiger charge is 2.44. The minimum Gasteiger partial charge on any atom is -0.488 e. The summed E-state index contributed by atoms with van der Waals surface area (Å²) in [5.74, 6) is 0.724. The molecule has 4 rings (SSSR count). The Labute approximate surface area is 176 Å². The van der Waals surface area contributed by atoms with Gasteiger partial charge in [-0.05, 0) is 55.9 Å². The van der Waals surface area contributed by atoms with Gasteiger partial charge in [-0.1, -0.05) is 6.07 Å². The molecular weight excluding hydrogens is 384 g/mol. The molecule has 2 aromatic rings. The Balaban J connectivity index is 1.43. The maximum Gasteiger partial charge on any atom is 0.337 e. The van der Waals surface area contributed by atoms with Gasteiger partial charge in [-0.25, -0.2) is 4.79 Å². The van der Waals surface area contributed by atoms with Crippen LogP contribution < -0.4 is 4.74 Å². The lowest BCUT2D eigenvalue weighted by Crippen LogP contribution is -2.42. The van der Waals surface area contributed by atoms with E-state index >= 15 is 0 Å². The predicted octanol–water partition coefficient (Wildman–Crippen LogP) is 2.41. The average molecular weight is 412 g/mol. The molecule has 4 atom stereocenters. The normalized spacial score (nSPS) is 25.7. The Morgan fingerprint density at radius 3 is 2.53 bits per heavy atom. The zero-order chi connectivity index (χ0) is 21.4. The van der Waals surface area contributed by atoms with Crippen LogP contribution in [0.5, 0.6) is 5.75 Å². The number of esters is 1. The van der Waals surface area contributed by atoms with E-state index in [0.717, 1.165) is 11.3 Å². The van der Waals surface area contributed by atoms with Crippen molar-refractivity contribution in [2.75, 3.05) is 20.2 Å². The van der Waals surface area contributed by atoms with E-state index in [-0.39, 0.29) is 23.8 Å². The van der Waals surface area contributed by atoms with Gasteiger partial charge in [-0.15, -0.1) is 0 Å². The number of carbonyl (C=O) groups is 2. The van der Waals surface area contributed by atoms with Crippen molar-refractivity contribution in [1.29, 1.82) is 0 Å². The van der Waals surface area contributed by atoms with Gasteiger partial charge in [0.2, 0.25) is 0 Å². The monoisotopic (exact) mass is 412 g/mol. The highest BCUT2D eigenvalue weighted by atomic mass is 16.5. The van der Waals surface area contributed by atoms with Gasteiger partial charge in [0.25, 0.3) is 5.91 Å². The van der Waals surface area contributed by atoms with Gasteiger partial charge < -0.3 is 24.0 Å². The van der Waals surface area contributed by atoms with Crippen LogP contribution >= 0.6 is 0 Å². The zero-order valence-corrected chi connectivity index (χ0v) is 17.6. The van der Waals surface area contributed by atoms with E-state index in [2.05, 4.69) is 0 Å². The number of hydrogen-bond donors (Lipinski definition) is 1. The smallest absolute Gasteiger partial charge is 0.337 e. The molecule has 7 nitrogen and oxygen atoms in total. The van der Waals surface area contributed by atoms with Crippen molar-refractivity contribution in [2.45, 2.75) is 32.0 Å². The fourth-order valence-electron chi connectivity index (χ4n) is 4.68. The molecule has 1 aromatic carbocycles. The van der Waals surface area contributed by atoms with Crippen LogP contribution in [0.25, 0.3) is 0 Å². The molecule has 2 heterocycles. The molecule has 1 N–H and O–H groups in total. The molecule has 7 heteroatoms. The van der Waals surface area contributed by atoms with Crippen molar-refractivity contribution in [3.8, 4) is 5.75 Å². The minimum absolute atomic E-state index is 0.0558. The van der Waals surface area contributed by atoms with Crippen molar-refractivity contribution >= 4 is 11.9 Å². The summed E-state index contributed by atoms with van der Waals surface area (Å²) in [7, 11) is 3.27. The maximum atomic E-state index is 13.0.